The van der Waals surface area contributed by atoms with Gasteiger partial charge in [0.15, 0.2) is 0 Å². The van der Waals surface area contributed by atoms with E-state index in [4.69, 9.17) is 9.47 Å². The normalized spacial score (nSPS) is 16.8. The Morgan fingerprint density at radius 1 is 1.03 bits per heavy atom. The number of ether oxygens (including phenoxy) is 2. The van der Waals surface area contributed by atoms with Gasteiger partial charge in [0, 0.05) is 42.9 Å². The van der Waals surface area contributed by atoms with Gasteiger partial charge in [0.1, 0.15) is 18.0 Å². The first-order valence-electron chi connectivity index (χ1n) is 13.3. The highest BCUT2D eigenvalue weighted by Crippen LogP contribution is 2.42. The Hall–Kier alpha value is -3.61. The molecule has 2 aliphatic rings. The fraction of sp³-hybridized carbons (Fsp3) is 0.419. The molecule has 0 aliphatic carbocycles. The molecule has 1 amide bonds. The van der Waals surface area contributed by atoms with Gasteiger partial charge in [-0.05, 0) is 75.9 Å². The molecule has 2 fully saturated rings. The Morgan fingerprint density at radius 3 is 2.39 bits per heavy atom. The lowest BCUT2D eigenvalue weighted by Gasteiger charge is -2.54. The molecule has 1 aromatic heterocycles. The number of pyridine rings is 1. The summed E-state index contributed by atoms with van der Waals surface area (Å²) in [6, 6.07) is 19.2. The fourth-order valence-corrected chi connectivity index (χ4v) is 5.28. The Labute approximate surface area is 224 Å². The van der Waals surface area contributed by atoms with Gasteiger partial charge in [-0.1, -0.05) is 36.4 Å². The minimum atomic E-state index is -0.490. The molecule has 0 radical (unpaired) electrons. The summed E-state index contributed by atoms with van der Waals surface area (Å²) in [7, 11) is 0. The number of carbonyl (C=O) groups is 1. The van der Waals surface area contributed by atoms with Gasteiger partial charge in [-0.25, -0.2) is 14.2 Å². The standard InChI is InChI=1S/C31H36FN3O3/c1-22-10-12-25(28(33-22)37-19-23-8-6-5-7-9-23)24-11-13-27(26(32)18-24)34-16-14-31(15-17-34)20-35(21-31)29(36)38-30(2,3)4/h5-13,18H,14-17,19-21H2,1-4H3. The number of nitrogens with zero attached hydrogens (tertiary/aromatic N) is 3. The summed E-state index contributed by atoms with van der Waals surface area (Å²) in [5.41, 5.74) is 3.63. The Balaban J connectivity index is 1.23. The number of rotatable bonds is 5. The number of hydrogen-bond acceptors (Lipinski definition) is 5. The van der Waals surface area contributed by atoms with Gasteiger partial charge in [0.25, 0.3) is 0 Å². The van der Waals surface area contributed by atoms with E-state index in [1.807, 2.05) is 82.3 Å². The smallest absolute Gasteiger partial charge is 0.410 e. The molecular formula is C31H36FN3O3. The van der Waals surface area contributed by atoms with Gasteiger partial charge >= 0.3 is 6.09 Å². The van der Waals surface area contributed by atoms with Crippen molar-refractivity contribution < 1.29 is 18.7 Å². The van der Waals surface area contributed by atoms with Crippen LogP contribution < -0.4 is 9.64 Å². The number of likely N-dealkylation sites (tertiary alicyclic amines) is 1. The molecule has 0 atom stereocenters. The lowest BCUT2D eigenvalue weighted by Crippen LogP contribution is -2.62. The zero-order chi connectivity index (χ0) is 26.9. The molecule has 0 saturated carbocycles. The largest absolute Gasteiger partial charge is 0.472 e. The molecule has 2 aliphatic heterocycles. The van der Waals surface area contributed by atoms with Crippen LogP contribution in [0.25, 0.3) is 11.1 Å². The molecule has 2 saturated heterocycles. The van der Waals surface area contributed by atoms with Crippen molar-refractivity contribution in [2.45, 2.75) is 52.7 Å². The summed E-state index contributed by atoms with van der Waals surface area (Å²) in [6.07, 6.45) is 1.60. The zero-order valence-electron chi connectivity index (χ0n) is 22.7. The third kappa shape index (κ3) is 5.77. The van der Waals surface area contributed by atoms with Crippen LogP contribution in [0.4, 0.5) is 14.9 Å². The van der Waals surface area contributed by atoms with E-state index in [1.165, 1.54) is 0 Å². The quantitative estimate of drug-likeness (QED) is 0.381. The van der Waals surface area contributed by atoms with Crippen molar-refractivity contribution in [3.63, 3.8) is 0 Å². The van der Waals surface area contributed by atoms with Crippen LogP contribution in [0.1, 0.15) is 44.9 Å². The predicted octanol–water partition coefficient (Wildman–Crippen LogP) is 6.61. The van der Waals surface area contributed by atoms with Crippen LogP contribution in [0.3, 0.4) is 0 Å². The van der Waals surface area contributed by atoms with E-state index < -0.39 is 5.60 Å². The number of aryl methyl sites for hydroxylation is 1. The molecule has 38 heavy (non-hydrogen) atoms. The Bertz CT molecular complexity index is 1290. The number of halogens is 1. The zero-order valence-corrected chi connectivity index (χ0v) is 22.7. The number of hydrogen-bond donors (Lipinski definition) is 0. The molecule has 7 heteroatoms. The van der Waals surface area contributed by atoms with Crippen molar-refractivity contribution >= 4 is 11.8 Å². The van der Waals surface area contributed by atoms with Gasteiger partial charge in [-0.2, -0.15) is 0 Å². The summed E-state index contributed by atoms with van der Waals surface area (Å²) in [4.78, 5) is 20.8. The average Bonchev–Trinajstić information content (AvgIpc) is 2.86. The molecule has 0 N–H and O–H groups in total. The van der Waals surface area contributed by atoms with Gasteiger partial charge in [0.05, 0.1) is 5.69 Å². The van der Waals surface area contributed by atoms with Gasteiger partial charge in [0.2, 0.25) is 5.88 Å². The molecule has 2 aromatic carbocycles. The van der Waals surface area contributed by atoms with Crippen LogP contribution in [-0.4, -0.2) is 47.8 Å². The molecule has 200 valence electrons. The highest BCUT2D eigenvalue weighted by atomic mass is 19.1. The van der Waals surface area contributed by atoms with Crippen LogP contribution in [0.5, 0.6) is 5.88 Å². The topological polar surface area (TPSA) is 54.9 Å². The molecular weight excluding hydrogens is 481 g/mol. The van der Waals surface area contributed by atoms with Crippen molar-refractivity contribution in [2.75, 3.05) is 31.1 Å². The van der Waals surface area contributed by atoms with E-state index in [2.05, 4.69) is 9.88 Å². The Morgan fingerprint density at radius 2 is 1.74 bits per heavy atom. The minimum Gasteiger partial charge on any atom is -0.472 e. The number of piperidine rings is 1. The monoisotopic (exact) mass is 517 g/mol. The van der Waals surface area contributed by atoms with Crippen LogP contribution in [0.2, 0.25) is 0 Å². The van der Waals surface area contributed by atoms with Gasteiger partial charge < -0.3 is 19.3 Å². The minimum absolute atomic E-state index is 0.113. The van der Waals surface area contributed by atoms with E-state index in [9.17, 15) is 4.79 Å². The third-order valence-electron chi connectivity index (χ3n) is 7.35. The summed E-state index contributed by atoms with van der Waals surface area (Å²) < 4.78 is 27.0. The summed E-state index contributed by atoms with van der Waals surface area (Å²) in [5.74, 6) is 0.248. The lowest BCUT2D eigenvalue weighted by molar-refractivity contribution is -0.0434. The van der Waals surface area contributed by atoms with Crippen LogP contribution in [-0.2, 0) is 11.3 Å². The second-order valence-electron chi connectivity index (χ2n) is 11.6. The van der Waals surface area contributed by atoms with E-state index in [0.29, 0.717) is 31.3 Å². The maximum absolute atomic E-state index is 15.4. The summed E-state index contributed by atoms with van der Waals surface area (Å²) in [5, 5.41) is 0. The van der Waals surface area contributed by atoms with Gasteiger partial charge in [-0.15, -0.1) is 0 Å². The SMILES string of the molecule is Cc1ccc(-c2ccc(N3CCC4(CC3)CN(C(=O)OC(C)(C)C)C4)c(F)c2)c(OCc2ccccc2)n1. The van der Waals surface area contributed by atoms with E-state index in [1.54, 1.807) is 11.0 Å². The van der Waals surface area contributed by atoms with Crippen LogP contribution in [0.15, 0.2) is 60.7 Å². The molecule has 5 rings (SSSR count). The molecule has 1 spiro atoms. The molecule has 0 unspecified atom stereocenters. The average molecular weight is 518 g/mol. The summed E-state index contributed by atoms with van der Waals surface area (Å²) >= 11 is 0. The molecule has 6 nitrogen and oxygen atoms in total. The number of aromatic nitrogens is 1. The lowest BCUT2D eigenvalue weighted by atomic mass is 9.72. The molecule has 0 bridgehead atoms. The number of amides is 1. The third-order valence-corrected chi connectivity index (χ3v) is 7.35. The first kappa shape index (κ1) is 26.0. The second-order valence-corrected chi connectivity index (χ2v) is 11.6. The number of benzene rings is 2. The first-order chi connectivity index (χ1) is 18.1. The highest BCUT2D eigenvalue weighted by molar-refractivity contribution is 5.71. The number of carbonyl (C=O) groups excluding carboxylic acids is 1. The van der Waals surface area contributed by atoms with Crippen LogP contribution >= 0.6 is 0 Å². The van der Waals surface area contributed by atoms with Gasteiger partial charge in [-0.3, -0.25) is 0 Å². The van der Waals surface area contributed by atoms with E-state index in [-0.39, 0.29) is 17.3 Å². The predicted molar refractivity (Wildman–Crippen MR) is 147 cm³/mol. The number of anilines is 1. The fourth-order valence-electron chi connectivity index (χ4n) is 5.28. The van der Waals surface area contributed by atoms with Crippen LogP contribution in [0, 0.1) is 18.2 Å². The first-order valence-corrected chi connectivity index (χ1v) is 13.3. The van der Waals surface area contributed by atoms with Crippen molar-refractivity contribution in [3.8, 4) is 17.0 Å². The maximum Gasteiger partial charge on any atom is 0.410 e. The van der Waals surface area contributed by atoms with E-state index >= 15 is 4.39 Å². The van der Waals surface area contributed by atoms with Crippen molar-refractivity contribution in [2.24, 2.45) is 5.41 Å². The molecule has 3 aromatic rings. The maximum atomic E-state index is 15.4. The Kier molecular flexibility index (Phi) is 7.03. The van der Waals surface area contributed by atoms with Crippen molar-refractivity contribution in [3.05, 3.63) is 77.7 Å². The second kappa shape index (κ2) is 10.3. The van der Waals surface area contributed by atoms with Crippen molar-refractivity contribution in [1.82, 2.24) is 9.88 Å². The highest BCUT2D eigenvalue weighted by Gasteiger charge is 2.48. The molecule has 3 heterocycles. The van der Waals surface area contributed by atoms with E-state index in [0.717, 1.165) is 48.3 Å². The summed E-state index contributed by atoms with van der Waals surface area (Å²) in [6.45, 7) is 10.9. The van der Waals surface area contributed by atoms with Crippen molar-refractivity contribution in [1.29, 1.82) is 0 Å².